The first-order valence-electron chi connectivity index (χ1n) is 7.16. The molecule has 0 radical (unpaired) electrons. The van der Waals surface area contributed by atoms with E-state index in [0.29, 0.717) is 5.95 Å². The second kappa shape index (κ2) is 7.96. The number of anilines is 1. The summed E-state index contributed by atoms with van der Waals surface area (Å²) in [4.78, 5) is 10.8. The third-order valence-electron chi connectivity index (χ3n) is 3.10. The van der Waals surface area contributed by atoms with E-state index in [4.69, 9.17) is 11.6 Å². The third-order valence-corrected chi connectivity index (χ3v) is 3.33. The minimum atomic E-state index is 0.717. The molecule has 1 N–H and O–H groups in total. The Morgan fingerprint density at radius 1 is 1.19 bits per heavy atom. The lowest BCUT2D eigenvalue weighted by Gasteiger charge is -2.17. The molecule has 0 aliphatic heterocycles. The van der Waals surface area contributed by atoms with Gasteiger partial charge in [0, 0.05) is 43.1 Å². The average Bonchev–Trinajstić information content (AvgIpc) is 2.48. The van der Waals surface area contributed by atoms with Crippen LogP contribution in [0.3, 0.4) is 0 Å². The van der Waals surface area contributed by atoms with Crippen molar-refractivity contribution in [3.05, 3.63) is 52.8 Å². The topological polar surface area (TPSA) is 41.1 Å². The van der Waals surface area contributed by atoms with Crippen LogP contribution in [0.15, 0.2) is 36.7 Å². The summed E-state index contributed by atoms with van der Waals surface area (Å²) in [6, 6.07) is 7.83. The van der Waals surface area contributed by atoms with Crippen molar-refractivity contribution in [2.24, 2.45) is 0 Å². The van der Waals surface area contributed by atoms with Gasteiger partial charge in [0.2, 0.25) is 5.95 Å². The lowest BCUT2D eigenvalue weighted by atomic mass is 10.2. The number of aromatic nitrogens is 2. The van der Waals surface area contributed by atoms with Crippen molar-refractivity contribution in [2.45, 2.75) is 26.4 Å². The summed E-state index contributed by atoms with van der Waals surface area (Å²) < 4.78 is 0. The Balaban J connectivity index is 1.94. The Kier molecular flexibility index (Phi) is 5.96. The van der Waals surface area contributed by atoms with Crippen molar-refractivity contribution in [3.8, 4) is 0 Å². The van der Waals surface area contributed by atoms with Crippen molar-refractivity contribution in [1.29, 1.82) is 0 Å². The number of nitrogens with zero attached hydrogens (tertiary/aromatic N) is 3. The van der Waals surface area contributed by atoms with E-state index in [9.17, 15) is 0 Å². The number of hydrogen-bond donors (Lipinski definition) is 1. The molecule has 4 nitrogen and oxygen atoms in total. The maximum Gasteiger partial charge on any atom is 0.225 e. The van der Waals surface area contributed by atoms with Gasteiger partial charge in [-0.05, 0) is 30.7 Å². The van der Waals surface area contributed by atoms with Crippen LogP contribution in [0, 0.1) is 0 Å². The Morgan fingerprint density at radius 3 is 2.62 bits per heavy atom. The Hall–Kier alpha value is -1.65. The number of hydrogen-bond acceptors (Lipinski definition) is 4. The van der Waals surface area contributed by atoms with E-state index in [0.717, 1.165) is 42.2 Å². The predicted octanol–water partition coefficient (Wildman–Crippen LogP) is 3.27. The van der Waals surface area contributed by atoms with E-state index in [1.54, 1.807) is 0 Å². The number of rotatable bonds is 7. The average molecular weight is 305 g/mol. The van der Waals surface area contributed by atoms with E-state index in [2.05, 4.69) is 22.2 Å². The highest BCUT2D eigenvalue weighted by molar-refractivity contribution is 6.30. The number of halogens is 1. The van der Waals surface area contributed by atoms with Crippen LogP contribution in [0.5, 0.6) is 0 Å². The van der Waals surface area contributed by atoms with Crippen LogP contribution in [0.25, 0.3) is 0 Å². The van der Waals surface area contributed by atoms with Crippen LogP contribution in [-0.2, 0) is 13.1 Å². The molecular formula is C16H21ClN4. The van der Waals surface area contributed by atoms with Gasteiger partial charge in [-0.3, -0.25) is 0 Å². The summed E-state index contributed by atoms with van der Waals surface area (Å²) in [6.07, 6.45) is 4.88. The van der Waals surface area contributed by atoms with E-state index >= 15 is 0 Å². The molecule has 0 saturated heterocycles. The molecule has 1 aromatic heterocycles. The summed E-state index contributed by atoms with van der Waals surface area (Å²) >= 11 is 6.00. The molecule has 0 unspecified atom stereocenters. The zero-order valence-corrected chi connectivity index (χ0v) is 13.3. The molecule has 1 aromatic carbocycles. The minimum Gasteiger partial charge on any atom is -0.340 e. The van der Waals surface area contributed by atoms with Crippen molar-refractivity contribution < 1.29 is 0 Å². The van der Waals surface area contributed by atoms with Crippen LogP contribution in [0.2, 0.25) is 5.02 Å². The summed E-state index contributed by atoms with van der Waals surface area (Å²) in [7, 11) is 1.98. The van der Waals surface area contributed by atoms with E-state index in [1.807, 2.05) is 48.6 Å². The highest BCUT2D eigenvalue weighted by Crippen LogP contribution is 2.14. The molecule has 0 spiro atoms. The van der Waals surface area contributed by atoms with E-state index in [1.165, 1.54) is 0 Å². The van der Waals surface area contributed by atoms with Gasteiger partial charge >= 0.3 is 0 Å². The highest BCUT2D eigenvalue weighted by atomic mass is 35.5. The summed E-state index contributed by atoms with van der Waals surface area (Å²) in [6.45, 7) is 4.70. The van der Waals surface area contributed by atoms with Crippen LogP contribution < -0.4 is 10.2 Å². The van der Waals surface area contributed by atoms with E-state index in [-0.39, 0.29) is 0 Å². The van der Waals surface area contributed by atoms with Gasteiger partial charge in [-0.2, -0.15) is 0 Å². The first-order chi connectivity index (χ1) is 10.2. The van der Waals surface area contributed by atoms with E-state index < -0.39 is 0 Å². The SMILES string of the molecule is CCCNCc1cnc(N(C)Cc2cccc(Cl)c2)nc1. The van der Waals surface area contributed by atoms with Gasteiger partial charge in [0.05, 0.1) is 0 Å². The zero-order valence-electron chi connectivity index (χ0n) is 12.5. The van der Waals surface area contributed by atoms with Crippen molar-refractivity contribution >= 4 is 17.5 Å². The van der Waals surface area contributed by atoms with Gasteiger partial charge in [-0.1, -0.05) is 30.7 Å². The molecule has 112 valence electrons. The van der Waals surface area contributed by atoms with Gasteiger partial charge < -0.3 is 10.2 Å². The molecule has 2 aromatic rings. The molecule has 0 bridgehead atoms. The molecule has 0 amide bonds. The Morgan fingerprint density at radius 2 is 1.95 bits per heavy atom. The lowest BCUT2D eigenvalue weighted by Crippen LogP contribution is -2.20. The number of benzene rings is 1. The molecule has 0 aliphatic carbocycles. The smallest absolute Gasteiger partial charge is 0.225 e. The molecule has 0 atom stereocenters. The largest absolute Gasteiger partial charge is 0.340 e. The van der Waals surface area contributed by atoms with Gasteiger partial charge in [-0.25, -0.2) is 9.97 Å². The van der Waals surface area contributed by atoms with Crippen molar-refractivity contribution in [1.82, 2.24) is 15.3 Å². The predicted molar refractivity (Wildman–Crippen MR) is 87.6 cm³/mol. The van der Waals surface area contributed by atoms with Gasteiger partial charge in [-0.15, -0.1) is 0 Å². The van der Waals surface area contributed by atoms with Crippen LogP contribution in [-0.4, -0.2) is 23.6 Å². The Bertz CT molecular complexity index is 556. The molecule has 0 saturated carbocycles. The standard InChI is InChI=1S/C16H21ClN4/c1-3-7-18-9-14-10-19-16(20-11-14)21(2)12-13-5-4-6-15(17)8-13/h4-6,8,10-11,18H,3,7,9,12H2,1-2H3. The zero-order chi connectivity index (χ0) is 15.1. The second-order valence-corrected chi connectivity index (χ2v) is 5.49. The van der Waals surface area contributed by atoms with Crippen LogP contribution in [0.1, 0.15) is 24.5 Å². The fraction of sp³-hybridized carbons (Fsp3) is 0.375. The molecule has 0 fully saturated rings. The molecule has 0 aliphatic rings. The second-order valence-electron chi connectivity index (χ2n) is 5.05. The molecule has 5 heteroatoms. The lowest BCUT2D eigenvalue weighted by molar-refractivity contribution is 0.671. The fourth-order valence-electron chi connectivity index (χ4n) is 2.03. The first kappa shape index (κ1) is 15.7. The summed E-state index contributed by atoms with van der Waals surface area (Å²) in [5, 5.41) is 4.09. The monoisotopic (exact) mass is 304 g/mol. The third kappa shape index (κ3) is 4.99. The maximum absolute atomic E-state index is 6.00. The van der Waals surface area contributed by atoms with Gasteiger partial charge in [0.25, 0.3) is 0 Å². The van der Waals surface area contributed by atoms with Gasteiger partial charge in [0.1, 0.15) is 0 Å². The van der Waals surface area contributed by atoms with Gasteiger partial charge in [0.15, 0.2) is 0 Å². The minimum absolute atomic E-state index is 0.717. The molecule has 2 rings (SSSR count). The maximum atomic E-state index is 6.00. The van der Waals surface area contributed by atoms with Crippen LogP contribution >= 0.6 is 11.6 Å². The highest BCUT2D eigenvalue weighted by Gasteiger charge is 2.05. The number of nitrogens with one attached hydrogen (secondary N) is 1. The Labute approximate surface area is 131 Å². The van der Waals surface area contributed by atoms with Crippen LogP contribution in [0.4, 0.5) is 5.95 Å². The molecular weight excluding hydrogens is 284 g/mol. The summed E-state index contributed by atoms with van der Waals surface area (Å²) in [5.41, 5.74) is 2.24. The first-order valence-corrected chi connectivity index (χ1v) is 7.54. The quantitative estimate of drug-likeness (QED) is 0.797. The van der Waals surface area contributed by atoms with Crippen molar-refractivity contribution in [2.75, 3.05) is 18.5 Å². The normalized spacial score (nSPS) is 10.6. The van der Waals surface area contributed by atoms with Crippen molar-refractivity contribution in [3.63, 3.8) is 0 Å². The fourth-order valence-corrected chi connectivity index (χ4v) is 2.24. The molecule has 1 heterocycles. The molecule has 21 heavy (non-hydrogen) atoms. The summed E-state index contributed by atoms with van der Waals surface area (Å²) in [5.74, 6) is 0.717.